The van der Waals surface area contributed by atoms with Gasteiger partial charge in [0.1, 0.15) is 0 Å². The first-order chi connectivity index (χ1) is 7.09. The van der Waals surface area contributed by atoms with Crippen LogP contribution in [0.25, 0.3) is 10.2 Å². The van der Waals surface area contributed by atoms with Gasteiger partial charge in [-0.1, -0.05) is 6.07 Å². The number of benzene rings is 1. The number of hydrogen-bond acceptors (Lipinski definition) is 3. The summed E-state index contributed by atoms with van der Waals surface area (Å²) in [4.78, 5) is 3.81. The number of nitrogens with zero attached hydrogens (tertiary/aromatic N) is 1. The first-order valence-electron chi connectivity index (χ1n) is 4.06. The number of alkyl halides is 3. The molecule has 0 atom stereocenters. The minimum Gasteiger partial charge on any atom is -0.333 e. The van der Waals surface area contributed by atoms with Crippen molar-refractivity contribution in [2.45, 2.75) is 6.18 Å². The van der Waals surface area contributed by atoms with Gasteiger partial charge >= 0.3 is 6.18 Å². The molecule has 0 amide bonds. The molecule has 0 aliphatic rings. The van der Waals surface area contributed by atoms with Crippen LogP contribution in [-0.2, 0) is 6.18 Å². The Labute approximate surface area is 88.5 Å². The molecule has 6 heteroatoms. The normalized spacial score (nSPS) is 11.0. The number of rotatable bonds is 0. The Bertz CT molecular complexity index is 436. The zero-order valence-corrected chi connectivity index (χ0v) is 8.69. The highest BCUT2D eigenvalue weighted by Gasteiger charge is 2.32. The molecule has 2 aromatic rings. The van der Waals surface area contributed by atoms with Crippen molar-refractivity contribution in [3.63, 3.8) is 0 Å². The second-order valence-electron chi connectivity index (χ2n) is 2.50. The maximum Gasteiger partial charge on any atom is 0.417 e. The molecule has 0 aliphatic carbocycles. The summed E-state index contributed by atoms with van der Waals surface area (Å²) in [6, 6.07) is 4.01. The van der Waals surface area contributed by atoms with E-state index in [0.29, 0.717) is 5.52 Å². The predicted molar refractivity (Wildman–Crippen MR) is 54.7 cm³/mol. The van der Waals surface area contributed by atoms with E-state index in [1.54, 1.807) is 6.07 Å². The minimum absolute atomic E-state index is 0.204. The SMILES string of the molecule is CN.FC(F)(F)c1cccc2ncsc12. The lowest BCUT2D eigenvalue weighted by molar-refractivity contribution is -0.136. The van der Waals surface area contributed by atoms with Crippen LogP contribution in [0.5, 0.6) is 0 Å². The maximum absolute atomic E-state index is 12.4. The Morgan fingerprint density at radius 3 is 2.53 bits per heavy atom. The predicted octanol–water partition coefficient (Wildman–Crippen LogP) is 2.89. The van der Waals surface area contributed by atoms with Crippen molar-refractivity contribution in [3.8, 4) is 0 Å². The topological polar surface area (TPSA) is 38.9 Å². The number of fused-ring (bicyclic) bond motifs is 1. The summed E-state index contributed by atoms with van der Waals surface area (Å²) >= 11 is 1.01. The molecule has 2 rings (SSSR count). The number of hydrogen-bond donors (Lipinski definition) is 1. The van der Waals surface area contributed by atoms with Crippen LogP contribution in [0.3, 0.4) is 0 Å². The van der Waals surface area contributed by atoms with Crippen molar-refractivity contribution >= 4 is 21.6 Å². The molecule has 0 aliphatic heterocycles. The lowest BCUT2D eigenvalue weighted by Gasteiger charge is -2.06. The Kier molecular flexibility index (Phi) is 3.65. The van der Waals surface area contributed by atoms with Gasteiger partial charge in [-0.25, -0.2) is 4.98 Å². The molecule has 0 fully saturated rings. The summed E-state index contributed by atoms with van der Waals surface area (Å²) in [6.07, 6.45) is -4.29. The van der Waals surface area contributed by atoms with Crippen LogP contribution in [0.2, 0.25) is 0 Å². The summed E-state index contributed by atoms with van der Waals surface area (Å²) < 4.78 is 37.3. The van der Waals surface area contributed by atoms with Crippen LogP contribution in [0.4, 0.5) is 13.2 Å². The third-order valence-electron chi connectivity index (χ3n) is 1.66. The Balaban J connectivity index is 0.000000531. The van der Waals surface area contributed by atoms with E-state index < -0.39 is 11.7 Å². The molecule has 82 valence electrons. The molecule has 0 spiro atoms. The zero-order chi connectivity index (χ0) is 11.5. The largest absolute Gasteiger partial charge is 0.417 e. The summed E-state index contributed by atoms with van der Waals surface area (Å²) in [5.41, 5.74) is 5.72. The molecule has 1 aromatic heterocycles. The standard InChI is InChI=1S/C8H4F3NS.CH5N/c9-8(10,11)5-2-1-3-6-7(5)13-4-12-6;1-2/h1-4H;2H2,1H3. The maximum atomic E-state index is 12.4. The number of aromatic nitrogens is 1. The minimum atomic E-state index is -4.29. The van der Waals surface area contributed by atoms with E-state index >= 15 is 0 Å². The highest BCUT2D eigenvalue weighted by molar-refractivity contribution is 7.16. The number of thiazole rings is 1. The number of nitrogens with two attached hydrogens (primary N) is 1. The molecular weight excluding hydrogens is 225 g/mol. The third-order valence-corrected chi connectivity index (χ3v) is 2.54. The van der Waals surface area contributed by atoms with Gasteiger partial charge in [0.05, 0.1) is 21.3 Å². The molecule has 1 aromatic carbocycles. The van der Waals surface area contributed by atoms with Crippen molar-refractivity contribution in [3.05, 3.63) is 29.3 Å². The fourth-order valence-corrected chi connectivity index (χ4v) is 1.93. The quantitative estimate of drug-likeness (QED) is 0.761. The first-order valence-corrected chi connectivity index (χ1v) is 4.94. The summed E-state index contributed by atoms with van der Waals surface area (Å²) in [5.74, 6) is 0. The lowest BCUT2D eigenvalue weighted by Crippen LogP contribution is -2.04. The van der Waals surface area contributed by atoms with Gasteiger partial charge in [-0.2, -0.15) is 13.2 Å². The van der Waals surface area contributed by atoms with E-state index in [2.05, 4.69) is 10.7 Å². The lowest BCUT2D eigenvalue weighted by atomic mass is 10.2. The molecular formula is C9H9F3N2S. The Morgan fingerprint density at radius 2 is 1.93 bits per heavy atom. The van der Waals surface area contributed by atoms with Gasteiger partial charge < -0.3 is 5.73 Å². The molecule has 0 saturated heterocycles. The molecule has 15 heavy (non-hydrogen) atoms. The third kappa shape index (κ3) is 2.45. The average Bonchev–Trinajstić information content (AvgIpc) is 2.66. The van der Waals surface area contributed by atoms with Gasteiger partial charge in [0, 0.05) is 0 Å². The van der Waals surface area contributed by atoms with Crippen molar-refractivity contribution in [2.24, 2.45) is 5.73 Å². The first kappa shape index (κ1) is 11.9. The van der Waals surface area contributed by atoms with Crippen molar-refractivity contribution in [1.82, 2.24) is 4.98 Å². The van der Waals surface area contributed by atoms with Crippen LogP contribution in [0.15, 0.2) is 23.7 Å². The van der Waals surface area contributed by atoms with Crippen molar-refractivity contribution in [1.29, 1.82) is 0 Å². The molecule has 2 nitrogen and oxygen atoms in total. The number of halogens is 3. The monoisotopic (exact) mass is 234 g/mol. The average molecular weight is 234 g/mol. The molecule has 0 unspecified atom stereocenters. The van der Waals surface area contributed by atoms with E-state index in [0.717, 1.165) is 17.4 Å². The molecule has 2 N–H and O–H groups in total. The second kappa shape index (κ2) is 4.59. The van der Waals surface area contributed by atoms with E-state index in [1.807, 2.05) is 0 Å². The summed E-state index contributed by atoms with van der Waals surface area (Å²) in [7, 11) is 1.50. The van der Waals surface area contributed by atoms with Crippen LogP contribution in [0, 0.1) is 0 Å². The van der Waals surface area contributed by atoms with Gasteiger partial charge in [0.25, 0.3) is 0 Å². The van der Waals surface area contributed by atoms with E-state index in [1.165, 1.54) is 18.6 Å². The second-order valence-corrected chi connectivity index (χ2v) is 3.36. The van der Waals surface area contributed by atoms with Gasteiger partial charge in [-0.3, -0.25) is 0 Å². The Morgan fingerprint density at radius 1 is 1.27 bits per heavy atom. The van der Waals surface area contributed by atoms with Gasteiger partial charge in [0.15, 0.2) is 0 Å². The van der Waals surface area contributed by atoms with E-state index in [4.69, 9.17) is 0 Å². The molecule has 0 saturated carbocycles. The smallest absolute Gasteiger partial charge is 0.333 e. The fraction of sp³-hybridized carbons (Fsp3) is 0.222. The zero-order valence-electron chi connectivity index (χ0n) is 7.88. The van der Waals surface area contributed by atoms with Crippen LogP contribution >= 0.6 is 11.3 Å². The molecule has 0 bridgehead atoms. The van der Waals surface area contributed by atoms with Gasteiger partial charge in [-0.05, 0) is 19.2 Å². The fourth-order valence-electron chi connectivity index (χ4n) is 1.11. The summed E-state index contributed by atoms with van der Waals surface area (Å²) in [5, 5.41) is 0. The van der Waals surface area contributed by atoms with E-state index in [9.17, 15) is 13.2 Å². The highest BCUT2D eigenvalue weighted by Crippen LogP contribution is 2.35. The molecule has 1 heterocycles. The van der Waals surface area contributed by atoms with Crippen molar-refractivity contribution in [2.75, 3.05) is 7.05 Å². The van der Waals surface area contributed by atoms with Gasteiger partial charge in [0.2, 0.25) is 0 Å². The van der Waals surface area contributed by atoms with Crippen molar-refractivity contribution < 1.29 is 13.2 Å². The summed E-state index contributed by atoms with van der Waals surface area (Å²) in [6.45, 7) is 0. The van der Waals surface area contributed by atoms with Crippen LogP contribution < -0.4 is 5.73 Å². The van der Waals surface area contributed by atoms with Crippen LogP contribution in [-0.4, -0.2) is 12.0 Å². The highest BCUT2D eigenvalue weighted by atomic mass is 32.1. The van der Waals surface area contributed by atoms with Crippen LogP contribution in [0.1, 0.15) is 5.56 Å². The molecule has 0 radical (unpaired) electrons. The Hall–Kier alpha value is -1.14. The van der Waals surface area contributed by atoms with E-state index in [-0.39, 0.29) is 4.70 Å². The van der Waals surface area contributed by atoms with Gasteiger partial charge in [-0.15, -0.1) is 11.3 Å².